The van der Waals surface area contributed by atoms with Crippen molar-refractivity contribution in [2.45, 2.75) is 6.29 Å². The molecule has 0 unspecified atom stereocenters. The SMILES string of the molecule is Nc1nonc1C(=O)Nc1cccc(C2OCCO2)c1. The van der Waals surface area contributed by atoms with E-state index in [0.717, 1.165) is 5.56 Å². The van der Waals surface area contributed by atoms with Crippen LogP contribution in [0.3, 0.4) is 0 Å². The average molecular weight is 276 g/mol. The second-order valence-electron chi connectivity index (χ2n) is 4.15. The number of nitrogens with zero attached hydrogens (tertiary/aromatic N) is 2. The number of carbonyl (C=O) groups is 1. The number of hydrogen-bond donors (Lipinski definition) is 2. The van der Waals surface area contributed by atoms with Crippen LogP contribution < -0.4 is 11.1 Å². The first-order chi connectivity index (χ1) is 9.74. The van der Waals surface area contributed by atoms with E-state index in [2.05, 4.69) is 20.3 Å². The monoisotopic (exact) mass is 276 g/mol. The molecule has 3 N–H and O–H groups in total. The molecule has 0 aliphatic carbocycles. The molecule has 1 aromatic heterocycles. The summed E-state index contributed by atoms with van der Waals surface area (Å²) < 4.78 is 15.2. The van der Waals surface area contributed by atoms with Gasteiger partial charge in [-0.2, -0.15) is 0 Å². The fraction of sp³-hybridized carbons (Fsp3) is 0.250. The molecule has 1 aliphatic rings. The summed E-state index contributed by atoms with van der Waals surface area (Å²) in [6.45, 7) is 1.12. The predicted octanol–water partition coefficient (Wildman–Crippen LogP) is 0.949. The smallest absolute Gasteiger partial charge is 0.281 e. The molecule has 8 heteroatoms. The maximum Gasteiger partial charge on any atom is 0.281 e. The summed E-state index contributed by atoms with van der Waals surface area (Å²) in [6, 6.07) is 7.15. The van der Waals surface area contributed by atoms with E-state index < -0.39 is 12.2 Å². The van der Waals surface area contributed by atoms with Crippen molar-refractivity contribution in [2.24, 2.45) is 0 Å². The lowest BCUT2D eigenvalue weighted by atomic mass is 10.2. The molecule has 0 bridgehead atoms. The van der Waals surface area contributed by atoms with Crippen LogP contribution in [-0.2, 0) is 9.47 Å². The maximum atomic E-state index is 11.9. The fourth-order valence-electron chi connectivity index (χ4n) is 1.86. The van der Waals surface area contributed by atoms with Crippen LogP contribution in [0, 0.1) is 0 Å². The molecule has 20 heavy (non-hydrogen) atoms. The Labute approximate surface area is 113 Å². The Morgan fingerprint density at radius 2 is 2.10 bits per heavy atom. The van der Waals surface area contributed by atoms with Crippen LogP contribution in [0.25, 0.3) is 0 Å². The van der Waals surface area contributed by atoms with E-state index in [1.165, 1.54) is 0 Å². The van der Waals surface area contributed by atoms with Crippen molar-refractivity contribution in [1.29, 1.82) is 0 Å². The Balaban J connectivity index is 1.76. The van der Waals surface area contributed by atoms with E-state index in [9.17, 15) is 4.79 Å². The molecule has 1 amide bonds. The van der Waals surface area contributed by atoms with Gasteiger partial charge in [-0.25, -0.2) is 4.63 Å². The van der Waals surface area contributed by atoms with E-state index in [-0.39, 0.29) is 11.5 Å². The zero-order valence-electron chi connectivity index (χ0n) is 10.4. The molecule has 0 spiro atoms. The average Bonchev–Trinajstić information content (AvgIpc) is 3.09. The summed E-state index contributed by atoms with van der Waals surface area (Å²) in [5.74, 6) is -0.546. The molecule has 2 heterocycles. The first-order valence-electron chi connectivity index (χ1n) is 5.96. The van der Waals surface area contributed by atoms with Gasteiger partial charge >= 0.3 is 0 Å². The fourth-order valence-corrected chi connectivity index (χ4v) is 1.86. The molecule has 1 aromatic carbocycles. The predicted molar refractivity (Wildman–Crippen MR) is 67.8 cm³/mol. The first kappa shape index (κ1) is 12.6. The molecule has 1 fully saturated rings. The number of hydrogen-bond acceptors (Lipinski definition) is 7. The third-order valence-corrected chi connectivity index (χ3v) is 2.77. The van der Waals surface area contributed by atoms with Crippen LogP contribution in [0.15, 0.2) is 28.9 Å². The number of nitrogen functional groups attached to an aromatic ring is 1. The van der Waals surface area contributed by atoms with Gasteiger partial charge in [0.15, 0.2) is 6.29 Å². The number of nitrogens with one attached hydrogen (secondary N) is 1. The summed E-state index contributed by atoms with van der Waals surface area (Å²) in [7, 11) is 0. The van der Waals surface area contributed by atoms with Crippen molar-refractivity contribution < 1.29 is 18.9 Å². The highest BCUT2D eigenvalue weighted by atomic mass is 16.7. The van der Waals surface area contributed by atoms with Gasteiger partial charge in [0.05, 0.1) is 13.2 Å². The van der Waals surface area contributed by atoms with Gasteiger partial charge in [-0.3, -0.25) is 4.79 Å². The minimum absolute atomic E-state index is 0.0521. The number of carbonyl (C=O) groups excluding carboxylic acids is 1. The molecule has 1 aliphatic heterocycles. The van der Waals surface area contributed by atoms with E-state index >= 15 is 0 Å². The van der Waals surface area contributed by atoms with Crippen LogP contribution in [0.1, 0.15) is 22.3 Å². The van der Waals surface area contributed by atoms with Gasteiger partial charge in [-0.1, -0.05) is 12.1 Å². The summed E-state index contributed by atoms with van der Waals surface area (Å²) >= 11 is 0. The van der Waals surface area contributed by atoms with Crippen LogP contribution in [-0.4, -0.2) is 29.4 Å². The van der Waals surface area contributed by atoms with Crippen molar-refractivity contribution >= 4 is 17.4 Å². The summed E-state index contributed by atoms with van der Waals surface area (Å²) in [6.07, 6.45) is -0.398. The highest BCUT2D eigenvalue weighted by Crippen LogP contribution is 2.25. The Morgan fingerprint density at radius 3 is 2.80 bits per heavy atom. The van der Waals surface area contributed by atoms with Gasteiger partial charge in [0.1, 0.15) is 0 Å². The molecular formula is C12H12N4O4. The molecule has 1 saturated heterocycles. The lowest BCUT2D eigenvalue weighted by Gasteiger charge is -2.11. The minimum Gasteiger partial charge on any atom is -0.379 e. The van der Waals surface area contributed by atoms with Crippen LogP contribution in [0.4, 0.5) is 11.5 Å². The third-order valence-electron chi connectivity index (χ3n) is 2.77. The first-order valence-corrected chi connectivity index (χ1v) is 5.96. The number of amides is 1. The molecule has 0 saturated carbocycles. The molecule has 2 aromatic rings. The molecule has 8 nitrogen and oxygen atoms in total. The Hall–Kier alpha value is -2.45. The zero-order chi connectivity index (χ0) is 13.9. The number of aromatic nitrogens is 2. The second-order valence-corrected chi connectivity index (χ2v) is 4.15. The Bertz CT molecular complexity index is 621. The van der Waals surface area contributed by atoms with E-state index in [4.69, 9.17) is 15.2 Å². The van der Waals surface area contributed by atoms with Crippen LogP contribution in [0.5, 0.6) is 0 Å². The lowest BCUT2D eigenvalue weighted by Crippen LogP contribution is -2.14. The van der Waals surface area contributed by atoms with Crippen molar-refractivity contribution in [1.82, 2.24) is 10.3 Å². The summed E-state index contributed by atoms with van der Waals surface area (Å²) in [5, 5.41) is 9.45. The highest BCUT2D eigenvalue weighted by molar-refractivity contribution is 6.05. The van der Waals surface area contributed by atoms with Crippen molar-refractivity contribution in [3.05, 3.63) is 35.5 Å². The number of ether oxygens (including phenoxy) is 2. The third kappa shape index (κ3) is 2.46. The van der Waals surface area contributed by atoms with Crippen molar-refractivity contribution in [3.8, 4) is 0 Å². The lowest BCUT2D eigenvalue weighted by molar-refractivity contribution is -0.0440. The molecule has 3 rings (SSSR count). The van der Waals surface area contributed by atoms with Gasteiger partial charge in [0.25, 0.3) is 5.91 Å². The van der Waals surface area contributed by atoms with Crippen LogP contribution in [0.2, 0.25) is 0 Å². The minimum atomic E-state index is -0.492. The van der Waals surface area contributed by atoms with E-state index in [0.29, 0.717) is 18.9 Å². The van der Waals surface area contributed by atoms with Gasteiger partial charge < -0.3 is 20.5 Å². The van der Waals surface area contributed by atoms with E-state index in [1.54, 1.807) is 18.2 Å². The van der Waals surface area contributed by atoms with Crippen LogP contribution >= 0.6 is 0 Å². The van der Waals surface area contributed by atoms with Crippen molar-refractivity contribution in [3.63, 3.8) is 0 Å². The van der Waals surface area contributed by atoms with Crippen molar-refractivity contribution in [2.75, 3.05) is 24.3 Å². The van der Waals surface area contributed by atoms with Gasteiger partial charge in [0, 0.05) is 11.3 Å². The maximum absolute atomic E-state index is 11.9. The molecule has 104 valence electrons. The molecule has 0 radical (unpaired) electrons. The normalized spacial score (nSPS) is 15.4. The topological polar surface area (TPSA) is 112 Å². The van der Waals surface area contributed by atoms with Gasteiger partial charge in [0.2, 0.25) is 11.5 Å². The molecular weight excluding hydrogens is 264 g/mol. The number of nitrogens with two attached hydrogens (primary N) is 1. The van der Waals surface area contributed by atoms with Gasteiger partial charge in [-0.15, -0.1) is 0 Å². The number of rotatable bonds is 3. The summed E-state index contributed by atoms with van der Waals surface area (Å²) in [4.78, 5) is 11.9. The number of benzene rings is 1. The molecule has 0 atom stereocenters. The zero-order valence-corrected chi connectivity index (χ0v) is 10.4. The summed E-state index contributed by atoms with van der Waals surface area (Å²) in [5.41, 5.74) is 6.81. The largest absolute Gasteiger partial charge is 0.379 e. The van der Waals surface area contributed by atoms with E-state index in [1.807, 2.05) is 6.07 Å². The second kappa shape index (κ2) is 5.27. The standard InChI is InChI=1S/C12H12N4O4/c13-10-9(15-20-16-10)11(17)14-8-3-1-2-7(6-8)12-18-4-5-19-12/h1-3,6,12H,4-5H2,(H2,13,16)(H,14,17). The Morgan fingerprint density at radius 1 is 1.30 bits per heavy atom. The Kier molecular flexibility index (Phi) is 3.32. The highest BCUT2D eigenvalue weighted by Gasteiger charge is 2.20. The number of anilines is 2. The quantitative estimate of drug-likeness (QED) is 0.858. The van der Waals surface area contributed by atoms with Gasteiger partial charge in [-0.05, 0) is 22.4 Å².